The van der Waals surface area contributed by atoms with Gasteiger partial charge in [-0.1, -0.05) is 48.5 Å². The first-order valence-electron chi connectivity index (χ1n) is 7.64. The van der Waals surface area contributed by atoms with Crippen LogP contribution in [0.25, 0.3) is 0 Å². The first-order valence-corrected chi connectivity index (χ1v) is 8.52. The van der Waals surface area contributed by atoms with E-state index in [-0.39, 0.29) is 5.25 Å². The van der Waals surface area contributed by atoms with Gasteiger partial charge < -0.3 is 9.15 Å². The predicted molar refractivity (Wildman–Crippen MR) is 96.9 cm³/mol. The number of aryl methyl sites for hydroxylation is 1. The van der Waals surface area contributed by atoms with Gasteiger partial charge in [0.2, 0.25) is 0 Å². The van der Waals surface area contributed by atoms with Crippen molar-refractivity contribution in [2.45, 2.75) is 17.1 Å². The Bertz CT molecular complexity index is 857. The van der Waals surface area contributed by atoms with E-state index < -0.39 is 5.63 Å². The van der Waals surface area contributed by atoms with Crippen molar-refractivity contribution >= 4 is 11.8 Å². The fourth-order valence-electron chi connectivity index (χ4n) is 2.63. The summed E-state index contributed by atoms with van der Waals surface area (Å²) < 4.78 is 10.8. The van der Waals surface area contributed by atoms with E-state index >= 15 is 0 Å². The van der Waals surface area contributed by atoms with E-state index in [1.807, 2.05) is 36.4 Å². The molecule has 0 radical (unpaired) electrons. The molecule has 0 spiro atoms. The third kappa shape index (κ3) is 3.54. The fraction of sp³-hybridized carbons (Fsp3) is 0.150. The molecule has 122 valence electrons. The van der Waals surface area contributed by atoms with Gasteiger partial charge in [-0.05, 0) is 24.6 Å². The van der Waals surface area contributed by atoms with E-state index in [2.05, 4.69) is 24.3 Å². The van der Waals surface area contributed by atoms with Gasteiger partial charge in [-0.2, -0.15) is 0 Å². The lowest BCUT2D eigenvalue weighted by molar-refractivity contribution is 0.389. The lowest BCUT2D eigenvalue weighted by Gasteiger charge is -2.21. The quantitative estimate of drug-likeness (QED) is 0.624. The first kappa shape index (κ1) is 16.4. The fourth-order valence-corrected chi connectivity index (χ4v) is 3.91. The van der Waals surface area contributed by atoms with Gasteiger partial charge in [-0.3, -0.25) is 0 Å². The number of methoxy groups -OCH3 is 1. The standard InChI is InChI=1S/C20H18O3S/c1-14-19(17(22-2)13-18(21)23-14)20(15-9-5-3-6-10-15)24-16-11-7-4-8-12-16/h3-13,20H,1-2H3. The van der Waals surface area contributed by atoms with Gasteiger partial charge in [0.1, 0.15) is 11.5 Å². The largest absolute Gasteiger partial charge is 0.496 e. The molecule has 4 heteroatoms. The topological polar surface area (TPSA) is 39.4 Å². The van der Waals surface area contributed by atoms with Gasteiger partial charge in [0.15, 0.2) is 0 Å². The molecule has 1 atom stereocenters. The summed E-state index contributed by atoms with van der Waals surface area (Å²) in [5.41, 5.74) is 1.61. The maximum Gasteiger partial charge on any atom is 0.339 e. The molecular weight excluding hydrogens is 320 g/mol. The molecule has 0 fully saturated rings. The molecule has 3 nitrogen and oxygen atoms in total. The average Bonchev–Trinajstić information content (AvgIpc) is 2.61. The highest BCUT2D eigenvalue weighted by Gasteiger charge is 2.24. The molecular formula is C20H18O3S. The third-order valence-electron chi connectivity index (χ3n) is 3.73. The van der Waals surface area contributed by atoms with Crippen LogP contribution in [0.1, 0.15) is 22.1 Å². The average molecular weight is 338 g/mol. The number of benzene rings is 2. The summed E-state index contributed by atoms with van der Waals surface area (Å²) >= 11 is 1.70. The SMILES string of the molecule is COc1cc(=O)oc(C)c1C(Sc1ccccc1)c1ccccc1. The summed E-state index contributed by atoms with van der Waals surface area (Å²) in [6.07, 6.45) is 0. The zero-order valence-corrected chi connectivity index (χ0v) is 14.4. The van der Waals surface area contributed by atoms with E-state index in [1.54, 1.807) is 25.8 Å². The molecule has 0 aliphatic carbocycles. The normalized spacial score (nSPS) is 11.9. The molecule has 0 saturated carbocycles. The zero-order chi connectivity index (χ0) is 16.9. The molecule has 3 rings (SSSR count). The van der Waals surface area contributed by atoms with Crippen LogP contribution in [0.3, 0.4) is 0 Å². The highest BCUT2D eigenvalue weighted by molar-refractivity contribution is 7.99. The van der Waals surface area contributed by atoms with Crippen LogP contribution in [0.2, 0.25) is 0 Å². The number of thioether (sulfide) groups is 1. The lowest BCUT2D eigenvalue weighted by atomic mass is 10.0. The van der Waals surface area contributed by atoms with Gasteiger partial charge in [0, 0.05) is 4.90 Å². The molecule has 0 aliphatic heterocycles. The lowest BCUT2D eigenvalue weighted by Crippen LogP contribution is -2.08. The van der Waals surface area contributed by atoms with E-state index in [9.17, 15) is 4.79 Å². The number of hydrogen-bond donors (Lipinski definition) is 0. The van der Waals surface area contributed by atoms with Crippen LogP contribution in [0, 0.1) is 6.92 Å². The highest BCUT2D eigenvalue weighted by Crippen LogP contribution is 2.44. The monoisotopic (exact) mass is 338 g/mol. The summed E-state index contributed by atoms with van der Waals surface area (Å²) in [4.78, 5) is 12.8. The van der Waals surface area contributed by atoms with Crippen LogP contribution in [-0.2, 0) is 0 Å². The van der Waals surface area contributed by atoms with Gasteiger partial charge in [-0.15, -0.1) is 11.8 Å². The van der Waals surface area contributed by atoms with Crippen molar-refractivity contribution in [3.8, 4) is 5.75 Å². The van der Waals surface area contributed by atoms with Crippen molar-refractivity contribution in [1.82, 2.24) is 0 Å². The minimum absolute atomic E-state index is 0.0344. The second-order valence-corrected chi connectivity index (χ2v) is 6.50. The highest BCUT2D eigenvalue weighted by atomic mass is 32.2. The number of rotatable bonds is 5. The smallest absolute Gasteiger partial charge is 0.339 e. The van der Waals surface area contributed by atoms with Crippen molar-refractivity contribution < 1.29 is 9.15 Å². The van der Waals surface area contributed by atoms with Crippen molar-refractivity contribution in [2.75, 3.05) is 7.11 Å². The second-order valence-electron chi connectivity index (χ2n) is 5.33. The molecule has 2 aromatic carbocycles. The maximum absolute atomic E-state index is 11.7. The van der Waals surface area contributed by atoms with Gasteiger partial charge in [-0.25, -0.2) is 4.79 Å². The van der Waals surface area contributed by atoms with Crippen LogP contribution in [-0.4, -0.2) is 7.11 Å². The summed E-state index contributed by atoms with van der Waals surface area (Å²) in [5, 5.41) is -0.0344. The molecule has 24 heavy (non-hydrogen) atoms. The van der Waals surface area contributed by atoms with Gasteiger partial charge in [0.05, 0.1) is 24.0 Å². The third-order valence-corrected chi connectivity index (χ3v) is 5.02. The summed E-state index contributed by atoms with van der Waals surface area (Å²) in [5.74, 6) is 1.14. The van der Waals surface area contributed by atoms with E-state index in [4.69, 9.17) is 9.15 Å². The molecule has 1 heterocycles. The van der Waals surface area contributed by atoms with Crippen molar-refractivity contribution in [1.29, 1.82) is 0 Å². The first-order chi connectivity index (χ1) is 11.7. The van der Waals surface area contributed by atoms with Gasteiger partial charge in [0.25, 0.3) is 0 Å². The van der Waals surface area contributed by atoms with Crippen LogP contribution in [0.4, 0.5) is 0 Å². The second kappa shape index (κ2) is 7.41. The number of hydrogen-bond acceptors (Lipinski definition) is 4. The Kier molecular flexibility index (Phi) is 5.06. The molecule has 3 aromatic rings. The van der Waals surface area contributed by atoms with E-state index in [1.165, 1.54) is 6.07 Å². The maximum atomic E-state index is 11.7. The van der Waals surface area contributed by atoms with Gasteiger partial charge >= 0.3 is 5.63 Å². The van der Waals surface area contributed by atoms with Crippen molar-refractivity contribution in [2.24, 2.45) is 0 Å². The van der Waals surface area contributed by atoms with Crippen LogP contribution in [0.5, 0.6) is 5.75 Å². The predicted octanol–water partition coefficient (Wildman–Crippen LogP) is 4.84. The molecule has 0 N–H and O–H groups in total. The Morgan fingerprint density at radius 1 is 1.00 bits per heavy atom. The van der Waals surface area contributed by atoms with Crippen molar-refractivity contribution in [3.63, 3.8) is 0 Å². The molecule has 0 saturated heterocycles. The minimum Gasteiger partial charge on any atom is -0.496 e. The number of ether oxygens (including phenoxy) is 1. The Balaban J connectivity index is 2.14. The Morgan fingerprint density at radius 3 is 2.25 bits per heavy atom. The Labute approximate surface area is 145 Å². The summed E-state index contributed by atoms with van der Waals surface area (Å²) in [6, 6.07) is 21.7. The minimum atomic E-state index is -0.398. The van der Waals surface area contributed by atoms with E-state index in [0.717, 1.165) is 16.0 Å². The van der Waals surface area contributed by atoms with Crippen LogP contribution in [0.15, 0.2) is 80.8 Å². The molecule has 1 unspecified atom stereocenters. The molecule has 1 aromatic heterocycles. The molecule has 0 aliphatic rings. The van der Waals surface area contributed by atoms with Crippen LogP contribution >= 0.6 is 11.8 Å². The summed E-state index contributed by atoms with van der Waals surface area (Å²) in [7, 11) is 1.58. The Hall–Kier alpha value is -2.46. The van der Waals surface area contributed by atoms with Crippen molar-refractivity contribution in [3.05, 3.63) is 94.0 Å². The molecule has 0 bridgehead atoms. The summed E-state index contributed by atoms with van der Waals surface area (Å²) in [6.45, 7) is 1.81. The van der Waals surface area contributed by atoms with Crippen LogP contribution < -0.4 is 10.4 Å². The molecule has 0 amide bonds. The van der Waals surface area contributed by atoms with E-state index in [0.29, 0.717) is 11.5 Å². The zero-order valence-electron chi connectivity index (χ0n) is 13.6. The Morgan fingerprint density at radius 2 is 1.62 bits per heavy atom.